The molecule has 41 heavy (non-hydrogen) atoms. The van der Waals surface area contributed by atoms with Crippen molar-refractivity contribution in [3.8, 4) is 0 Å². The fourth-order valence-electron chi connectivity index (χ4n) is 4.79. The average molecular weight is 574 g/mol. The van der Waals surface area contributed by atoms with Crippen molar-refractivity contribution in [1.82, 2.24) is 5.32 Å². The predicted molar refractivity (Wildman–Crippen MR) is 179 cm³/mol. The molecule has 0 aromatic carbocycles. The highest BCUT2D eigenvalue weighted by atomic mass is 16.3. The second kappa shape index (κ2) is 32.9. The highest BCUT2D eigenvalue weighted by Gasteiger charge is 2.17. The first-order valence-electron chi connectivity index (χ1n) is 17.4. The Morgan fingerprint density at radius 3 is 1.41 bits per heavy atom. The van der Waals surface area contributed by atoms with Gasteiger partial charge in [0, 0.05) is 6.42 Å². The molecule has 1 amide bonds. The molecule has 2 unspecified atom stereocenters. The normalized spacial score (nSPS) is 13.8. The maximum atomic E-state index is 12.3. The van der Waals surface area contributed by atoms with Gasteiger partial charge in [0.25, 0.3) is 0 Å². The molecular weight excluding hydrogens is 506 g/mol. The Bertz CT molecular complexity index is 667. The molecule has 0 saturated heterocycles. The Kier molecular flexibility index (Phi) is 31.5. The van der Waals surface area contributed by atoms with Crippen molar-refractivity contribution in [2.45, 2.75) is 174 Å². The van der Waals surface area contributed by atoms with E-state index in [1.165, 1.54) is 89.9 Å². The van der Waals surface area contributed by atoms with E-state index in [0.29, 0.717) is 6.42 Å². The van der Waals surface area contributed by atoms with Gasteiger partial charge in [-0.25, -0.2) is 0 Å². The SMILES string of the molecule is CCCCCCCC/C=C\CCCCCC(=O)NC(CO)C(O)/C=C/CC/C=C/CC/C=C/CCCCCCCC. The third-order valence-electron chi connectivity index (χ3n) is 7.51. The summed E-state index contributed by atoms with van der Waals surface area (Å²) in [5.41, 5.74) is 0. The van der Waals surface area contributed by atoms with Crippen LogP contribution in [0, 0.1) is 0 Å². The summed E-state index contributed by atoms with van der Waals surface area (Å²) in [7, 11) is 0. The minimum absolute atomic E-state index is 0.0981. The molecule has 0 aliphatic heterocycles. The van der Waals surface area contributed by atoms with E-state index >= 15 is 0 Å². The predicted octanol–water partition coefficient (Wildman–Crippen LogP) is 10.1. The lowest BCUT2D eigenvalue weighted by atomic mass is 10.1. The van der Waals surface area contributed by atoms with Crippen LogP contribution in [0.4, 0.5) is 0 Å². The smallest absolute Gasteiger partial charge is 0.220 e. The van der Waals surface area contributed by atoms with Gasteiger partial charge in [-0.1, -0.05) is 133 Å². The van der Waals surface area contributed by atoms with Crippen LogP contribution in [0.1, 0.15) is 162 Å². The van der Waals surface area contributed by atoms with Crippen molar-refractivity contribution in [2.24, 2.45) is 0 Å². The lowest BCUT2D eigenvalue weighted by Crippen LogP contribution is -2.45. The van der Waals surface area contributed by atoms with Crippen LogP contribution < -0.4 is 5.32 Å². The van der Waals surface area contributed by atoms with Gasteiger partial charge in [-0.2, -0.15) is 0 Å². The molecule has 0 heterocycles. The first kappa shape index (κ1) is 39.4. The topological polar surface area (TPSA) is 69.6 Å². The minimum atomic E-state index is -0.874. The first-order valence-corrected chi connectivity index (χ1v) is 17.4. The van der Waals surface area contributed by atoms with Crippen LogP contribution >= 0.6 is 0 Å². The number of hydrogen-bond donors (Lipinski definition) is 3. The van der Waals surface area contributed by atoms with Crippen LogP contribution in [0.3, 0.4) is 0 Å². The highest BCUT2D eigenvalue weighted by Crippen LogP contribution is 2.10. The van der Waals surface area contributed by atoms with Crippen molar-refractivity contribution in [1.29, 1.82) is 0 Å². The molecule has 0 bridgehead atoms. The Hall–Kier alpha value is -1.65. The molecule has 0 aliphatic carbocycles. The molecular formula is C37H67NO3. The molecule has 0 fully saturated rings. The maximum absolute atomic E-state index is 12.3. The van der Waals surface area contributed by atoms with Crippen LogP contribution in [0.15, 0.2) is 48.6 Å². The molecule has 0 radical (unpaired) electrons. The molecule has 0 spiro atoms. The largest absolute Gasteiger partial charge is 0.394 e. The van der Waals surface area contributed by atoms with E-state index < -0.39 is 12.1 Å². The number of nitrogens with one attached hydrogen (secondary N) is 1. The average Bonchev–Trinajstić information content (AvgIpc) is 2.97. The van der Waals surface area contributed by atoms with E-state index in [9.17, 15) is 15.0 Å². The maximum Gasteiger partial charge on any atom is 0.220 e. The van der Waals surface area contributed by atoms with Gasteiger partial charge in [-0.15, -0.1) is 0 Å². The zero-order valence-electron chi connectivity index (χ0n) is 27.0. The Labute approximate surface area is 254 Å². The zero-order valence-corrected chi connectivity index (χ0v) is 27.0. The standard InChI is InChI=1S/C37H67NO3/c1-3-5-7-9-11-13-15-17-18-19-21-22-24-26-28-30-32-36(40)35(34-39)38-37(41)33-31-29-27-25-23-20-16-14-12-10-8-6-4-2/h17-18,20,22-24,30,32,35-36,39-40H,3-16,19,21,25-29,31,33-34H2,1-2H3,(H,38,41)/b18-17+,23-20-,24-22+,32-30+. The monoisotopic (exact) mass is 574 g/mol. The van der Waals surface area contributed by atoms with Gasteiger partial charge in [0.15, 0.2) is 0 Å². The number of carbonyl (C=O) groups excluding carboxylic acids is 1. The summed E-state index contributed by atoms with van der Waals surface area (Å²) >= 11 is 0. The highest BCUT2D eigenvalue weighted by molar-refractivity contribution is 5.76. The molecule has 0 saturated carbocycles. The van der Waals surface area contributed by atoms with Gasteiger partial charge in [-0.05, 0) is 70.6 Å². The van der Waals surface area contributed by atoms with Gasteiger partial charge < -0.3 is 15.5 Å². The van der Waals surface area contributed by atoms with Gasteiger partial charge in [0.2, 0.25) is 5.91 Å². The summed E-state index contributed by atoms with van der Waals surface area (Å²) in [6, 6.07) is -0.651. The van der Waals surface area contributed by atoms with Gasteiger partial charge in [0.05, 0.1) is 18.8 Å². The van der Waals surface area contributed by atoms with E-state index in [-0.39, 0.29) is 12.5 Å². The van der Waals surface area contributed by atoms with Crippen LogP contribution in [0.25, 0.3) is 0 Å². The lowest BCUT2D eigenvalue weighted by molar-refractivity contribution is -0.123. The van der Waals surface area contributed by atoms with Crippen molar-refractivity contribution in [3.63, 3.8) is 0 Å². The molecule has 0 rings (SSSR count). The van der Waals surface area contributed by atoms with E-state index in [0.717, 1.165) is 51.4 Å². The Morgan fingerprint density at radius 2 is 0.951 bits per heavy atom. The second-order valence-corrected chi connectivity index (χ2v) is 11.6. The van der Waals surface area contributed by atoms with Crippen molar-refractivity contribution in [3.05, 3.63) is 48.6 Å². The molecule has 0 aliphatic rings. The summed E-state index contributed by atoms with van der Waals surface area (Å²) in [5.74, 6) is -0.0981. The first-order chi connectivity index (χ1) is 20.2. The number of amides is 1. The quantitative estimate of drug-likeness (QED) is 0.0591. The number of aliphatic hydroxyl groups is 2. The molecule has 4 nitrogen and oxygen atoms in total. The number of aliphatic hydroxyl groups excluding tert-OH is 2. The molecule has 0 aromatic heterocycles. The number of unbranched alkanes of at least 4 members (excludes halogenated alkanes) is 17. The lowest BCUT2D eigenvalue weighted by Gasteiger charge is -2.19. The van der Waals surface area contributed by atoms with Crippen LogP contribution in [0.5, 0.6) is 0 Å². The summed E-state index contributed by atoms with van der Waals surface area (Å²) in [6.45, 7) is 4.24. The molecule has 4 heteroatoms. The summed E-state index contributed by atoms with van der Waals surface area (Å²) in [5, 5.41) is 22.8. The minimum Gasteiger partial charge on any atom is -0.394 e. The summed E-state index contributed by atoms with van der Waals surface area (Å²) < 4.78 is 0. The van der Waals surface area contributed by atoms with Crippen LogP contribution in [-0.2, 0) is 4.79 Å². The van der Waals surface area contributed by atoms with Gasteiger partial charge in [-0.3, -0.25) is 4.79 Å². The fourth-order valence-corrected chi connectivity index (χ4v) is 4.79. The van der Waals surface area contributed by atoms with Crippen molar-refractivity contribution < 1.29 is 15.0 Å². The van der Waals surface area contributed by atoms with Gasteiger partial charge >= 0.3 is 0 Å². The molecule has 238 valence electrons. The molecule has 3 N–H and O–H groups in total. The fraction of sp³-hybridized carbons (Fsp3) is 0.757. The third-order valence-corrected chi connectivity index (χ3v) is 7.51. The van der Waals surface area contributed by atoms with E-state index in [1.807, 2.05) is 6.08 Å². The van der Waals surface area contributed by atoms with E-state index in [4.69, 9.17) is 0 Å². The molecule has 2 atom stereocenters. The number of carbonyl (C=O) groups is 1. The Balaban J connectivity index is 3.77. The van der Waals surface area contributed by atoms with Crippen LogP contribution in [-0.4, -0.2) is 34.9 Å². The zero-order chi connectivity index (χ0) is 30.1. The number of allylic oxidation sites excluding steroid dienone is 7. The summed E-state index contributed by atoms with van der Waals surface area (Å²) in [6.07, 6.45) is 43.3. The number of rotatable bonds is 30. The van der Waals surface area contributed by atoms with Gasteiger partial charge in [0.1, 0.15) is 0 Å². The van der Waals surface area contributed by atoms with Crippen LogP contribution in [0.2, 0.25) is 0 Å². The Morgan fingerprint density at radius 1 is 0.561 bits per heavy atom. The van der Waals surface area contributed by atoms with Crippen molar-refractivity contribution >= 4 is 5.91 Å². The second-order valence-electron chi connectivity index (χ2n) is 11.6. The van der Waals surface area contributed by atoms with E-state index in [1.54, 1.807) is 6.08 Å². The third kappa shape index (κ3) is 29.6. The summed E-state index contributed by atoms with van der Waals surface area (Å²) in [4.78, 5) is 12.3. The van der Waals surface area contributed by atoms with Crippen molar-refractivity contribution in [2.75, 3.05) is 6.61 Å². The molecule has 0 aromatic rings. The number of hydrogen-bond acceptors (Lipinski definition) is 3. The van der Waals surface area contributed by atoms with E-state index in [2.05, 4.69) is 55.6 Å².